The van der Waals surface area contributed by atoms with Crippen LogP contribution < -0.4 is 0 Å². The molecule has 2 aromatic rings. The van der Waals surface area contributed by atoms with E-state index in [4.69, 9.17) is 11.6 Å². The molecule has 17 heavy (non-hydrogen) atoms. The van der Waals surface area contributed by atoms with Gasteiger partial charge in [-0.3, -0.25) is 4.79 Å². The molecule has 0 unspecified atom stereocenters. The van der Waals surface area contributed by atoms with Crippen LogP contribution in [0.2, 0.25) is 4.34 Å². The fraction of sp³-hybridized carbons (Fsp3) is 0.154. The van der Waals surface area contributed by atoms with Gasteiger partial charge < -0.3 is 0 Å². The third kappa shape index (κ3) is 2.97. The van der Waals surface area contributed by atoms with Gasteiger partial charge in [-0.1, -0.05) is 39.7 Å². The summed E-state index contributed by atoms with van der Waals surface area (Å²) in [7, 11) is 0. The van der Waals surface area contributed by atoms with Crippen molar-refractivity contribution < 1.29 is 4.79 Å². The Bertz CT molecular complexity index is 562. The van der Waals surface area contributed by atoms with Crippen LogP contribution >= 0.6 is 38.9 Å². The second-order valence-corrected chi connectivity index (χ2v) is 6.37. The highest BCUT2D eigenvalue weighted by Gasteiger charge is 2.12. The Morgan fingerprint density at radius 1 is 1.35 bits per heavy atom. The molecule has 1 aromatic heterocycles. The molecular weight excluding hydrogens is 320 g/mol. The molecule has 1 aromatic carbocycles. The highest BCUT2D eigenvalue weighted by Crippen LogP contribution is 2.25. The quantitative estimate of drug-likeness (QED) is 0.732. The van der Waals surface area contributed by atoms with Gasteiger partial charge in [-0.15, -0.1) is 11.3 Å². The zero-order valence-corrected chi connectivity index (χ0v) is 12.3. The summed E-state index contributed by atoms with van der Waals surface area (Å²) in [6.45, 7) is 1.94. The van der Waals surface area contributed by atoms with E-state index in [2.05, 4.69) is 15.9 Å². The van der Waals surface area contributed by atoms with Gasteiger partial charge in [-0.2, -0.15) is 0 Å². The molecule has 1 nitrogen and oxygen atoms in total. The lowest BCUT2D eigenvalue weighted by Gasteiger charge is -2.05. The van der Waals surface area contributed by atoms with E-state index in [0.29, 0.717) is 6.42 Å². The predicted octanol–water partition coefficient (Wildman–Crippen LogP) is 4.90. The molecule has 0 atom stereocenters. The zero-order chi connectivity index (χ0) is 12.4. The number of thiophene rings is 1. The summed E-state index contributed by atoms with van der Waals surface area (Å²) in [6, 6.07) is 9.40. The summed E-state index contributed by atoms with van der Waals surface area (Å²) in [4.78, 5) is 13.1. The van der Waals surface area contributed by atoms with Crippen LogP contribution in [-0.2, 0) is 6.42 Å². The number of Topliss-reactive ketones (excluding diaryl/α,β-unsaturated/α-hetero) is 1. The van der Waals surface area contributed by atoms with E-state index in [1.807, 2.05) is 37.3 Å². The van der Waals surface area contributed by atoms with Crippen LogP contribution in [0.25, 0.3) is 0 Å². The molecule has 0 radical (unpaired) electrons. The van der Waals surface area contributed by atoms with Crippen molar-refractivity contribution in [3.63, 3.8) is 0 Å². The summed E-state index contributed by atoms with van der Waals surface area (Å²) < 4.78 is 1.69. The van der Waals surface area contributed by atoms with Gasteiger partial charge in [-0.05, 0) is 30.7 Å². The van der Waals surface area contributed by atoms with Gasteiger partial charge in [0.05, 0.1) is 4.34 Å². The Hall–Kier alpha value is -0.640. The van der Waals surface area contributed by atoms with E-state index in [0.717, 1.165) is 24.8 Å². The van der Waals surface area contributed by atoms with Crippen molar-refractivity contribution in [3.05, 3.63) is 55.1 Å². The number of ketones is 1. The second-order valence-electron chi connectivity index (χ2n) is 3.72. The Morgan fingerprint density at radius 3 is 2.76 bits per heavy atom. The highest BCUT2D eigenvalue weighted by molar-refractivity contribution is 9.10. The fourth-order valence-electron chi connectivity index (χ4n) is 1.61. The van der Waals surface area contributed by atoms with Crippen LogP contribution in [0.3, 0.4) is 0 Å². The van der Waals surface area contributed by atoms with Gasteiger partial charge in [-0.25, -0.2) is 0 Å². The third-order valence-corrected chi connectivity index (χ3v) is 4.62. The van der Waals surface area contributed by atoms with Gasteiger partial charge in [0, 0.05) is 21.3 Å². The molecule has 0 spiro atoms. The first-order chi connectivity index (χ1) is 8.08. The summed E-state index contributed by atoms with van der Waals surface area (Å²) in [5, 5.41) is 0. The molecule has 0 saturated heterocycles. The van der Waals surface area contributed by atoms with Crippen molar-refractivity contribution >= 4 is 44.7 Å². The maximum absolute atomic E-state index is 12.1. The molecule has 0 aliphatic heterocycles. The van der Waals surface area contributed by atoms with Crippen molar-refractivity contribution in [2.24, 2.45) is 0 Å². The number of carbonyl (C=O) groups excluding carboxylic acids is 1. The van der Waals surface area contributed by atoms with E-state index in [1.54, 1.807) is 0 Å². The molecule has 4 heteroatoms. The molecule has 0 amide bonds. The van der Waals surface area contributed by atoms with E-state index in [1.165, 1.54) is 11.3 Å². The van der Waals surface area contributed by atoms with Gasteiger partial charge in [0.2, 0.25) is 0 Å². The van der Waals surface area contributed by atoms with Crippen molar-refractivity contribution in [3.8, 4) is 0 Å². The van der Waals surface area contributed by atoms with Crippen LogP contribution in [0.1, 0.15) is 20.8 Å². The van der Waals surface area contributed by atoms with Crippen LogP contribution in [-0.4, -0.2) is 5.78 Å². The fourth-order valence-corrected chi connectivity index (χ4v) is 3.06. The summed E-state index contributed by atoms with van der Waals surface area (Å²) in [6.07, 6.45) is 0.411. The first-order valence-corrected chi connectivity index (χ1v) is 7.09. The largest absolute Gasteiger partial charge is 0.294 e. The lowest BCUT2D eigenvalue weighted by atomic mass is 10.0. The third-order valence-electron chi connectivity index (χ3n) is 2.53. The Morgan fingerprint density at radius 2 is 2.12 bits per heavy atom. The summed E-state index contributed by atoms with van der Waals surface area (Å²) >= 11 is 10.7. The average molecular weight is 330 g/mol. The number of carbonyl (C=O) groups is 1. The van der Waals surface area contributed by atoms with Gasteiger partial charge in [0.15, 0.2) is 5.78 Å². The predicted molar refractivity (Wildman–Crippen MR) is 76.2 cm³/mol. The van der Waals surface area contributed by atoms with Crippen LogP contribution in [0.15, 0.2) is 34.8 Å². The SMILES string of the molecule is Cc1c(Br)cccc1C(=O)Cc1ccc(Cl)s1. The van der Waals surface area contributed by atoms with E-state index < -0.39 is 0 Å². The molecular formula is C13H10BrClOS. The second kappa shape index (κ2) is 5.34. The molecule has 0 saturated carbocycles. The molecule has 88 valence electrons. The van der Waals surface area contributed by atoms with Crippen molar-refractivity contribution in [2.75, 3.05) is 0 Å². The average Bonchev–Trinajstić information content (AvgIpc) is 2.68. The van der Waals surface area contributed by atoms with Crippen LogP contribution in [0, 0.1) is 6.92 Å². The van der Waals surface area contributed by atoms with E-state index >= 15 is 0 Å². The standard InChI is InChI=1S/C13H10BrClOS/c1-8-10(3-2-4-11(8)14)12(16)7-9-5-6-13(15)17-9/h2-6H,7H2,1H3. The van der Waals surface area contributed by atoms with Gasteiger partial charge in [0.1, 0.15) is 0 Å². The number of hydrogen-bond acceptors (Lipinski definition) is 2. The number of benzene rings is 1. The molecule has 0 bridgehead atoms. The maximum Gasteiger partial charge on any atom is 0.168 e. The molecule has 2 rings (SSSR count). The Balaban J connectivity index is 2.23. The normalized spacial score (nSPS) is 10.5. The summed E-state index contributed by atoms with van der Waals surface area (Å²) in [5.41, 5.74) is 1.75. The lowest BCUT2D eigenvalue weighted by Crippen LogP contribution is -2.04. The van der Waals surface area contributed by atoms with Crippen LogP contribution in [0.4, 0.5) is 0 Å². The first kappa shape index (κ1) is 12.8. The monoisotopic (exact) mass is 328 g/mol. The Labute approximate surface area is 118 Å². The zero-order valence-electron chi connectivity index (χ0n) is 9.17. The minimum Gasteiger partial charge on any atom is -0.294 e. The smallest absolute Gasteiger partial charge is 0.168 e. The summed E-state index contributed by atoms with van der Waals surface area (Å²) in [5.74, 6) is 0.127. The molecule has 0 fully saturated rings. The lowest BCUT2D eigenvalue weighted by molar-refractivity contribution is 0.0993. The highest BCUT2D eigenvalue weighted by atomic mass is 79.9. The maximum atomic E-state index is 12.1. The molecule has 0 aliphatic rings. The molecule has 1 heterocycles. The number of hydrogen-bond donors (Lipinski definition) is 0. The minimum absolute atomic E-state index is 0.127. The first-order valence-electron chi connectivity index (χ1n) is 5.10. The van der Waals surface area contributed by atoms with Crippen molar-refractivity contribution in [1.29, 1.82) is 0 Å². The topological polar surface area (TPSA) is 17.1 Å². The van der Waals surface area contributed by atoms with E-state index in [9.17, 15) is 4.79 Å². The number of rotatable bonds is 3. The Kier molecular flexibility index (Phi) is 4.02. The van der Waals surface area contributed by atoms with Crippen molar-refractivity contribution in [1.82, 2.24) is 0 Å². The van der Waals surface area contributed by atoms with Gasteiger partial charge in [0.25, 0.3) is 0 Å². The van der Waals surface area contributed by atoms with Crippen LogP contribution in [0.5, 0.6) is 0 Å². The molecule has 0 aliphatic carbocycles. The van der Waals surface area contributed by atoms with E-state index in [-0.39, 0.29) is 5.78 Å². The van der Waals surface area contributed by atoms with Gasteiger partial charge >= 0.3 is 0 Å². The number of halogens is 2. The van der Waals surface area contributed by atoms with Crippen molar-refractivity contribution in [2.45, 2.75) is 13.3 Å². The minimum atomic E-state index is 0.127. The molecule has 0 N–H and O–H groups in total.